The first-order chi connectivity index (χ1) is 9.23. The van der Waals surface area contributed by atoms with Crippen molar-refractivity contribution in [2.75, 3.05) is 7.11 Å². The van der Waals surface area contributed by atoms with E-state index in [0.717, 1.165) is 4.90 Å². The molecule has 7 heteroatoms. The minimum atomic E-state index is -1.29. The number of carbonyl (C=O) groups is 4. The second-order valence-corrected chi connectivity index (χ2v) is 5.79. The monoisotopic (exact) mass is 283 g/mol. The Morgan fingerprint density at radius 1 is 1.30 bits per heavy atom. The third-order valence-electron chi connectivity index (χ3n) is 4.28. The van der Waals surface area contributed by atoms with Gasteiger partial charge in [-0.15, -0.1) is 0 Å². The number of esters is 1. The van der Waals surface area contributed by atoms with Gasteiger partial charge in [0.25, 0.3) is 0 Å². The zero-order valence-corrected chi connectivity index (χ0v) is 11.6. The van der Waals surface area contributed by atoms with E-state index in [-0.39, 0.29) is 18.3 Å². The van der Waals surface area contributed by atoms with Crippen LogP contribution in [0.4, 0.5) is 0 Å². The molecule has 1 saturated carbocycles. The molecule has 2 amide bonds. The van der Waals surface area contributed by atoms with Crippen molar-refractivity contribution in [1.29, 1.82) is 0 Å². The molecule has 3 atom stereocenters. The average molecular weight is 283 g/mol. The van der Waals surface area contributed by atoms with Crippen LogP contribution in [0.15, 0.2) is 0 Å². The van der Waals surface area contributed by atoms with Crippen molar-refractivity contribution in [3.8, 4) is 0 Å². The Bertz CT molecular complexity index is 473. The number of hydrogen-bond donors (Lipinski definition) is 1. The van der Waals surface area contributed by atoms with Crippen LogP contribution in [-0.2, 0) is 23.9 Å². The third kappa shape index (κ3) is 1.97. The minimum absolute atomic E-state index is 0.126. The normalized spacial score (nSPS) is 28.1. The van der Waals surface area contributed by atoms with Crippen LogP contribution < -0.4 is 0 Å². The molecule has 2 aliphatic rings. The number of carboxylic acid groups (broad SMARTS) is 1. The topological polar surface area (TPSA) is 101 Å². The van der Waals surface area contributed by atoms with Crippen molar-refractivity contribution in [2.45, 2.75) is 32.7 Å². The summed E-state index contributed by atoms with van der Waals surface area (Å²) >= 11 is 0. The summed E-state index contributed by atoms with van der Waals surface area (Å²) in [6, 6.07) is -1.29. The third-order valence-corrected chi connectivity index (χ3v) is 4.28. The summed E-state index contributed by atoms with van der Waals surface area (Å²) in [7, 11) is 1.20. The number of hydrogen-bond acceptors (Lipinski definition) is 5. The molecule has 3 unspecified atom stereocenters. The lowest BCUT2D eigenvalue weighted by molar-refractivity contribution is -0.158. The molecule has 0 aromatic heterocycles. The lowest BCUT2D eigenvalue weighted by Gasteiger charge is -2.26. The fraction of sp³-hybridized carbons (Fsp3) is 0.692. The molecule has 1 heterocycles. The molecule has 1 aliphatic carbocycles. The van der Waals surface area contributed by atoms with Crippen molar-refractivity contribution in [3.63, 3.8) is 0 Å². The SMILES string of the molecule is COC(=O)CCC(C(=O)O)N1C(=O)C2C(C1=O)C2(C)C. The fourth-order valence-electron chi connectivity index (χ4n) is 2.99. The van der Waals surface area contributed by atoms with Gasteiger partial charge in [-0.1, -0.05) is 13.8 Å². The van der Waals surface area contributed by atoms with E-state index in [9.17, 15) is 24.3 Å². The standard InChI is InChI=1S/C13H17NO6/c1-13(2)8-9(13)11(17)14(10(8)16)6(12(18)19)4-5-7(15)20-3/h6,8-9H,4-5H2,1-3H3,(H,18,19). The second kappa shape index (κ2) is 4.57. The molecule has 110 valence electrons. The van der Waals surface area contributed by atoms with Crippen LogP contribution in [0.3, 0.4) is 0 Å². The van der Waals surface area contributed by atoms with Gasteiger partial charge in [0.05, 0.1) is 18.9 Å². The molecule has 2 rings (SSSR count). The first-order valence-corrected chi connectivity index (χ1v) is 6.40. The highest BCUT2D eigenvalue weighted by Crippen LogP contribution is 2.63. The van der Waals surface area contributed by atoms with Crippen molar-refractivity contribution in [1.82, 2.24) is 4.90 Å². The van der Waals surface area contributed by atoms with Crippen molar-refractivity contribution in [3.05, 3.63) is 0 Å². The lowest BCUT2D eigenvalue weighted by Crippen LogP contribution is -2.48. The van der Waals surface area contributed by atoms with Gasteiger partial charge in [0, 0.05) is 6.42 Å². The van der Waals surface area contributed by atoms with Crippen LogP contribution in [0.2, 0.25) is 0 Å². The maximum atomic E-state index is 12.2. The van der Waals surface area contributed by atoms with Crippen LogP contribution in [0.1, 0.15) is 26.7 Å². The number of likely N-dealkylation sites (tertiary alicyclic amines) is 1. The number of aliphatic carboxylic acids is 1. The summed E-state index contributed by atoms with van der Waals surface area (Å²) in [4.78, 5) is 47.5. The largest absolute Gasteiger partial charge is 0.480 e. The van der Waals surface area contributed by atoms with Crippen LogP contribution >= 0.6 is 0 Å². The van der Waals surface area contributed by atoms with Gasteiger partial charge >= 0.3 is 11.9 Å². The number of nitrogens with zero attached hydrogens (tertiary/aromatic N) is 1. The smallest absolute Gasteiger partial charge is 0.326 e. The van der Waals surface area contributed by atoms with Crippen molar-refractivity contribution >= 4 is 23.8 Å². The quantitative estimate of drug-likeness (QED) is 0.564. The number of fused-ring (bicyclic) bond motifs is 1. The van der Waals surface area contributed by atoms with Gasteiger partial charge in [0.15, 0.2) is 0 Å². The van der Waals surface area contributed by atoms with E-state index < -0.39 is 41.6 Å². The van der Waals surface area contributed by atoms with Gasteiger partial charge in [-0.25, -0.2) is 4.79 Å². The summed E-state index contributed by atoms with van der Waals surface area (Å²) < 4.78 is 4.44. The molecule has 2 fully saturated rings. The molecule has 1 aliphatic heterocycles. The predicted octanol–water partition coefficient (Wildman–Crippen LogP) is 0.0338. The van der Waals surface area contributed by atoms with Crippen LogP contribution in [0.25, 0.3) is 0 Å². The number of imide groups is 1. The number of carbonyl (C=O) groups excluding carboxylic acids is 3. The summed E-state index contributed by atoms with van der Waals surface area (Å²) in [5.74, 6) is -3.58. The number of carboxylic acids is 1. The van der Waals surface area contributed by atoms with E-state index >= 15 is 0 Å². The highest BCUT2D eigenvalue weighted by molar-refractivity contribution is 6.12. The first-order valence-electron chi connectivity index (χ1n) is 6.40. The lowest BCUT2D eigenvalue weighted by atomic mass is 10.0. The van der Waals surface area contributed by atoms with Gasteiger partial charge in [0.1, 0.15) is 6.04 Å². The number of methoxy groups -OCH3 is 1. The number of rotatable bonds is 5. The molecule has 0 spiro atoms. The molecule has 1 N–H and O–H groups in total. The van der Waals surface area contributed by atoms with Gasteiger partial charge in [-0.2, -0.15) is 0 Å². The van der Waals surface area contributed by atoms with Gasteiger partial charge < -0.3 is 9.84 Å². The molecule has 0 aromatic rings. The summed E-state index contributed by atoms with van der Waals surface area (Å²) in [6.07, 6.45) is -0.275. The van der Waals surface area contributed by atoms with Crippen LogP contribution in [-0.4, -0.2) is 46.9 Å². The molecule has 0 aromatic carbocycles. The number of amides is 2. The molecular weight excluding hydrogens is 266 g/mol. The highest BCUT2D eigenvalue weighted by Gasteiger charge is 2.73. The first kappa shape index (κ1) is 14.5. The Morgan fingerprint density at radius 3 is 2.20 bits per heavy atom. The van der Waals surface area contributed by atoms with E-state index in [1.165, 1.54) is 7.11 Å². The highest BCUT2D eigenvalue weighted by atomic mass is 16.5. The van der Waals surface area contributed by atoms with Crippen LogP contribution in [0, 0.1) is 17.3 Å². The summed E-state index contributed by atoms with van der Waals surface area (Å²) in [5, 5.41) is 9.19. The predicted molar refractivity (Wildman–Crippen MR) is 65.3 cm³/mol. The number of piperidine rings is 1. The fourth-order valence-corrected chi connectivity index (χ4v) is 2.99. The second-order valence-electron chi connectivity index (χ2n) is 5.79. The van der Waals surface area contributed by atoms with E-state index in [1.54, 1.807) is 0 Å². The Balaban J connectivity index is 2.12. The maximum absolute atomic E-state index is 12.2. The zero-order chi connectivity index (χ0) is 15.2. The van der Waals surface area contributed by atoms with E-state index in [2.05, 4.69) is 4.74 Å². The molecular formula is C13H17NO6. The van der Waals surface area contributed by atoms with Crippen molar-refractivity contribution in [2.24, 2.45) is 17.3 Å². The van der Waals surface area contributed by atoms with E-state index in [4.69, 9.17) is 0 Å². The summed E-state index contributed by atoms with van der Waals surface area (Å²) in [5.41, 5.74) is -0.379. The average Bonchev–Trinajstić information content (AvgIpc) is 2.83. The molecule has 0 bridgehead atoms. The van der Waals surface area contributed by atoms with Crippen LogP contribution in [0.5, 0.6) is 0 Å². The molecule has 20 heavy (non-hydrogen) atoms. The van der Waals surface area contributed by atoms with Gasteiger partial charge in [-0.3, -0.25) is 19.3 Å². The Hall–Kier alpha value is -1.92. The van der Waals surface area contributed by atoms with Gasteiger partial charge in [-0.05, 0) is 11.8 Å². The summed E-state index contributed by atoms with van der Waals surface area (Å²) in [6.45, 7) is 3.64. The molecule has 0 radical (unpaired) electrons. The zero-order valence-electron chi connectivity index (χ0n) is 11.6. The Kier molecular flexibility index (Phi) is 3.31. The van der Waals surface area contributed by atoms with E-state index in [1.807, 2.05) is 13.8 Å². The molecule has 7 nitrogen and oxygen atoms in total. The Labute approximate surface area is 115 Å². The van der Waals surface area contributed by atoms with Crippen molar-refractivity contribution < 1.29 is 29.0 Å². The van der Waals surface area contributed by atoms with E-state index in [0.29, 0.717) is 0 Å². The van der Waals surface area contributed by atoms with Gasteiger partial charge in [0.2, 0.25) is 11.8 Å². The minimum Gasteiger partial charge on any atom is -0.480 e. The molecule has 1 saturated heterocycles. The Morgan fingerprint density at radius 2 is 1.80 bits per heavy atom. The maximum Gasteiger partial charge on any atom is 0.326 e. The number of ether oxygens (including phenoxy) is 1.